The molecule has 0 spiro atoms. The van der Waals surface area contributed by atoms with Gasteiger partial charge in [0.15, 0.2) is 0 Å². The molecule has 0 bridgehead atoms. The van der Waals surface area contributed by atoms with Crippen LogP contribution >= 0.6 is 27.3 Å². The second-order valence-electron chi connectivity index (χ2n) is 4.21. The van der Waals surface area contributed by atoms with Crippen molar-refractivity contribution < 1.29 is 4.52 Å². The first kappa shape index (κ1) is 12.7. The molecule has 92 valence electrons. The maximum atomic E-state index is 5.31. The van der Waals surface area contributed by atoms with Crippen LogP contribution in [0.15, 0.2) is 20.4 Å². The average Bonchev–Trinajstić information content (AvgIpc) is 2.85. The third-order valence-corrected chi connectivity index (χ3v) is 4.05. The Kier molecular flexibility index (Phi) is 3.65. The number of nitrogens with one attached hydrogen (secondary N) is 1. The fraction of sp³-hybridized carbons (Fsp3) is 0.455. The van der Waals surface area contributed by atoms with Crippen molar-refractivity contribution in [2.75, 3.05) is 6.54 Å². The summed E-state index contributed by atoms with van der Waals surface area (Å²) in [5, 5.41) is 9.32. The maximum absolute atomic E-state index is 5.31. The highest BCUT2D eigenvalue weighted by atomic mass is 79.9. The van der Waals surface area contributed by atoms with Crippen molar-refractivity contribution in [2.45, 2.75) is 26.3 Å². The molecule has 4 nitrogen and oxygen atoms in total. The Bertz CT molecular complexity index is 506. The summed E-state index contributed by atoms with van der Waals surface area (Å²) < 4.78 is 6.35. The van der Waals surface area contributed by atoms with E-state index in [1.165, 1.54) is 0 Å². The van der Waals surface area contributed by atoms with Gasteiger partial charge in [0.05, 0.1) is 10.4 Å². The van der Waals surface area contributed by atoms with E-state index in [-0.39, 0.29) is 5.54 Å². The van der Waals surface area contributed by atoms with Crippen LogP contribution in [0, 0.1) is 0 Å². The van der Waals surface area contributed by atoms with Gasteiger partial charge in [-0.3, -0.25) is 0 Å². The van der Waals surface area contributed by atoms with Crippen LogP contribution in [0.1, 0.15) is 26.7 Å². The fourth-order valence-electron chi connectivity index (χ4n) is 1.53. The van der Waals surface area contributed by atoms with Crippen molar-refractivity contribution in [1.29, 1.82) is 0 Å². The van der Waals surface area contributed by atoms with E-state index < -0.39 is 0 Å². The fourth-order valence-corrected chi connectivity index (χ4v) is 2.88. The van der Waals surface area contributed by atoms with E-state index in [9.17, 15) is 0 Å². The quantitative estimate of drug-likeness (QED) is 0.939. The number of halogens is 1. The Morgan fingerprint density at radius 1 is 1.53 bits per heavy atom. The lowest BCUT2D eigenvalue weighted by Crippen LogP contribution is -2.36. The molecule has 6 heteroatoms. The summed E-state index contributed by atoms with van der Waals surface area (Å²) in [6, 6.07) is 1.99. The molecule has 2 rings (SSSR count). The highest BCUT2D eigenvalue weighted by Gasteiger charge is 2.26. The largest absolute Gasteiger partial charge is 0.337 e. The zero-order valence-electron chi connectivity index (χ0n) is 9.95. The van der Waals surface area contributed by atoms with Gasteiger partial charge in [0.2, 0.25) is 11.7 Å². The second kappa shape index (κ2) is 4.88. The Balaban J connectivity index is 2.27. The molecule has 0 aliphatic rings. The molecular weight excluding hydrogens is 302 g/mol. The first-order chi connectivity index (χ1) is 8.03. The minimum Gasteiger partial charge on any atom is -0.337 e. The highest BCUT2D eigenvalue weighted by molar-refractivity contribution is 9.10. The summed E-state index contributed by atoms with van der Waals surface area (Å²) in [5.41, 5.74) is -0.297. The van der Waals surface area contributed by atoms with Crippen LogP contribution < -0.4 is 5.32 Å². The van der Waals surface area contributed by atoms with E-state index in [1.807, 2.05) is 25.3 Å². The molecule has 0 unspecified atom stereocenters. The van der Waals surface area contributed by atoms with Crippen LogP contribution in [0.3, 0.4) is 0 Å². The van der Waals surface area contributed by atoms with Crippen molar-refractivity contribution in [3.05, 3.63) is 21.8 Å². The zero-order valence-corrected chi connectivity index (χ0v) is 12.4. The topological polar surface area (TPSA) is 51.0 Å². The molecule has 0 saturated carbocycles. The molecule has 0 amide bonds. The predicted molar refractivity (Wildman–Crippen MR) is 72.0 cm³/mol. The van der Waals surface area contributed by atoms with E-state index in [0.717, 1.165) is 15.9 Å². The molecule has 0 aliphatic heterocycles. The van der Waals surface area contributed by atoms with Gasteiger partial charge < -0.3 is 9.84 Å². The van der Waals surface area contributed by atoms with Gasteiger partial charge in [-0.25, -0.2) is 0 Å². The van der Waals surface area contributed by atoms with Gasteiger partial charge in [-0.2, -0.15) is 4.98 Å². The van der Waals surface area contributed by atoms with Crippen LogP contribution in [0.5, 0.6) is 0 Å². The third kappa shape index (κ3) is 2.75. The summed E-state index contributed by atoms with van der Waals surface area (Å²) in [4.78, 5) is 5.43. The van der Waals surface area contributed by atoms with Crippen molar-refractivity contribution in [3.8, 4) is 10.7 Å². The number of hydrogen-bond acceptors (Lipinski definition) is 5. The lowest BCUT2D eigenvalue weighted by atomic mass is 10.1. The molecule has 2 heterocycles. The minimum atomic E-state index is -0.297. The van der Waals surface area contributed by atoms with E-state index in [2.05, 4.69) is 38.3 Å². The number of rotatable bonds is 4. The van der Waals surface area contributed by atoms with Gasteiger partial charge in [-0.1, -0.05) is 12.1 Å². The number of aromatic nitrogens is 2. The van der Waals surface area contributed by atoms with Gasteiger partial charge in [0.1, 0.15) is 0 Å². The molecule has 0 saturated heterocycles. The number of nitrogens with zero attached hydrogens (tertiary/aromatic N) is 2. The molecular formula is C11H14BrN3OS. The standard InChI is InChI=1S/C11H14BrN3OS/c1-4-13-11(2,3)10-14-9(15-16-10)8-5-7(12)6-17-8/h5-6,13H,4H2,1-3H3. The van der Waals surface area contributed by atoms with Crippen LogP contribution in [0.4, 0.5) is 0 Å². The van der Waals surface area contributed by atoms with Crippen molar-refractivity contribution in [2.24, 2.45) is 0 Å². The summed E-state index contributed by atoms with van der Waals surface area (Å²) in [6.45, 7) is 6.96. The minimum absolute atomic E-state index is 0.297. The zero-order chi connectivity index (χ0) is 12.5. The van der Waals surface area contributed by atoms with E-state index in [4.69, 9.17) is 4.52 Å². The Morgan fingerprint density at radius 2 is 2.29 bits per heavy atom. The molecule has 0 aromatic carbocycles. The normalized spacial score (nSPS) is 12.0. The lowest BCUT2D eigenvalue weighted by Gasteiger charge is -2.20. The highest BCUT2D eigenvalue weighted by Crippen LogP contribution is 2.29. The Morgan fingerprint density at radius 3 is 2.88 bits per heavy atom. The second-order valence-corrected chi connectivity index (χ2v) is 6.03. The van der Waals surface area contributed by atoms with E-state index in [1.54, 1.807) is 11.3 Å². The van der Waals surface area contributed by atoms with Crippen molar-refractivity contribution >= 4 is 27.3 Å². The van der Waals surface area contributed by atoms with Gasteiger partial charge in [-0.05, 0) is 42.4 Å². The maximum Gasteiger partial charge on any atom is 0.246 e. The van der Waals surface area contributed by atoms with Crippen LogP contribution in [0.2, 0.25) is 0 Å². The summed E-state index contributed by atoms with van der Waals surface area (Å²) in [6.07, 6.45) is 0. The van der Waals surface area contributed by atoms with Crippen LogP contribution in [-0.2, 0) is 5.54 Å². The monoisotopic (exact) mass is 315 g/mol. The van der Waals surface area contributed by atoms with Crippen molar-refractivity contribution in [3.63, 3.8) is 0 Å². The summed E-state index contributed by atoms with van der Waals surface area (Å²) in [7, 11) is 0. The van der Waals surface area contributed by atoms with Gasteiger partial charge in [0, 0.05) is 9.85 Å². The van der Waals surface area contributed by atoms with Crippen LogP contribution in [0.25, 0.3) is 10.7 Å². The van der Waals surface area contributed by atoms with Crippen LogP contribution in [-0.4, -0.2) is 16.7 Å². The third-order valence-electron chi connectivity index (χ3n) is 2.37. The SMILES string of the molecule is CCNC(C)(C)c1nc(-c2cc(Br)cs2)no1. The first-order valence-electron chi connectivity index (χ1n) is 5.36. The van der Waals surface area contributed by atoms with Gasteiger partial charge in [-0.15, -0.1) is 11.3 Å². The van der Waals surface area contributed by atoms with E-state index in [0.29, 0.717) is 11.7 Å². The van der Waals surface area contributed by atoms with E-state index >= 15 is 0 Å². The average molecular weight is 316 g/mol. The number of hydrogen-bond donors (Lipinski definition) is 1. The first-order valence-corrected chi connectivity index (χ1v) is 7.04. The molecule has 0 radical (unpaired) electrons. The summed E-state index contributed by atoms with van der Waals surface area (Å²) >= 11 is 5.00. The Hall–Kier alpha value is -0.720. The van der Waals surface area contributed by atoms with Gasteiger partial charge in [0.25, 0.3) is 0 Å². The lowest BCUT2D eigenvalue weighted by molar-refractivity contribution is 0.272. The molecule has 1 N–H and O–H groups in total. The predicted octanol–water partition coefficient (Wildman–Crippen LogP) is 3.41. The van der Waals surface area contributed by atoms with Crippen molar-refractivity contribution in [1.82, 2.24) is 15.5 Å². The molecule has 0 fully saturated rings. The molecule has 0 aliphatic carbocycles. The smallest absolute Gasteiger partial charge is 0.246 e. The Labute approximate surface area is 113 Å². The van der Waals surface area contributed by atoms with Gasteiger partial charge >= 0.3 is 0 Å². The molecule has 17 heavy (non-hydrogen) atoms. The molecule has 0 atom stereocenters. The number of thiophene rings is 1. The molecule has 2 aromatic rings. The molecule has 2 aromatic heterocycles. The summed E-state index contributed by atoms with van der Waals surface area (Å²) in [5.74, 6) is 1.25.